The van der Waals surface area contributed by atoms with Gasteiger partial charge in [-0.15, -0.1) is 0 Å². The summed E-state index contributed by atoms with van der Waals surface area (Å²) in [6.45, 7) is 0.0961. The van der Waals surface area contributed by atoms with E-state index >= 15 is 0 Å². The Labute approximate surface area is 82.0 Å². The standard InChI is InChI=1S/C10H13N3O/c11-9(5-7-14)10-3-1-2-8-4-6-12-13(8)10/h1-4,6,9,14H,5,7,11H2. The van der Waals surface area contributed by atoms with Gasteiger partial charge in [-0.2, -0.15) is 5.10 Å². The van der Waals surface area contributed by atoms with Crippen molar-refractivity contribution in [1.82, 2.24) is 9.61 Å². The SMILES string of the molecule is NC(CCO)c1cccc2ccnn12. The van der Waals surface area contributed by atoms with Gasteiger partial charge in [0.15, 0.2) is 0 Å². The van der Waals surface area contributed by atoms with E-state index in [1.807, 2.05) is 24.3 Å². The lowest BCUT2D eigenvalue weighted by Crippen LogP contribution is -2.15. The molecule has 0 bridgehead atoms. The Morgan fingerprint density at radius 1 is 1.43 bits per heavy atom. The third-order valence-corrected chi connectivity index (χ3v) is 2.27. The summed E-state index contributed by atoms with van der Waals surface area (Å²) in [4.78, 5) is 0. The molecule has 0 aliphatic rings. The third kappa shape index (κ3) is 1.49. The predicted octanol–water partition coefficient (Wildman–Crippen LogP) is 0.716. The number of rotatable bonds is 3. The minimum Gasteiger partial charge on any atom is -0.396 e. The van der Waals surface area contributed by atoms with Crippen molar-refractivity contribution >= 4 is 5.52 Å². The number of aliphatic hydroxyl groups excluding tert-OH is 1. The van der Waals surface area contributed by atoms with E-state index in [0.717, 1.165) is 11.2 Å². The summed E-state index contributed by atoms with van der Waals surface area (Å²) >= 11 is 0. The first-order valence-electron chi connectivity index (χ1n) is 4.62. The Bertz CT molecular complexity index is 424. The molecule has 0 aromatic carbocycles. The molecule has 4 heteroatoms. The summed E-state index contributed by atoms with van der Waals surface area (Å²) in [5, 5.41) is 13.0. The van der Waals surface area contributed by atoms with Crippen LogP contribution >= 0.6 is 0 Å². The number of fused-ring (bicyclic) bond motifs is 1. The second-order valence-electron chi connectivity index (χ2n) is 3.24. The molecule has 2 aromatic heterocycles. The summed E-state index contributed by atoms with van der Waals surface area (Å²) in [6, 6.07) is 7.62. The molecule has 0 aliphatic heterocycles. The van der Waals surface area contributed by atoms with E-state index < -0.39 is 0 Å². The van der Waals surface area contributed by atoms with E-state index in [-0.39, 0.29) is 12.6 Å². The summed E-state index contributed by atoms with van der Waals surface area (Å²) in [5.41, 5.74) is 7.87. The largest absolute Gasteiger partial charge is 0.396 e. The van der Waals surface area contributed by atoms with E-state index in [4.69, 9.17) is 10.8 Å². The summed E-state index contributed by atoms with van der Waals surface area (Å²) in [6.07, 6.45) is 2.30. The zero-order valence-electron chi connectivity index (χ0n) is 7.80. The molecule has 0 radical (unpaired) electrons. The average Bonchev–Trinajstić information content (AvgIpc) is 2.65. The normalized spacial score (nSPS) is 13.3. The highest BCUT2D eigenvalue weighted by molar-refractivity contribution is 5.46. The van der Waals surface area contributed by atoms with Crippen molar-refractivity contribution in [2.45, 2.75) is 12.5 Å². The Morgan fingerprint density at radius 2 is 2.29 bits per heavy atom. The molecule has 1 atom stereocenters. The van der Waals surface area contributed by atoms with E-state index in [2.05, 4.69) is 5.10 Å². The van der Waals surface area contributed by atoms with Crippen LogP contribution in [0.25, 0.3) is 5.52 Å². The number of aromatic nitrogens is 2. The van der Waals surface area contributed by atoms with Gasteiger partial charge in [-0.05, 0) is 24.6 Å². The lowest BCUT2D eigenvalue weighted by Gasteiger charge is -2.11. The Kier molecular flexibility index (Phi) is 2.47. The lowest BCUT2D eigenvalue weighted by atomic mass is 10.1. The van der Waals surface area contributed by atoms with Gasteiger partial charge >= 0.3 is 0 Å². The molecule has 1 unspecified atom stereocenters. The first-order chi connectivity index (χ1) is 6.83. The smallest absolute Gasteiger partial charge is 0.0665 e. The zero-order chi connectivity index (χ0) is 9.97. The summed E-state index contributed by atoms with van der Waals surface area (Å²) in [5.74, 6) is 0. The Morgan fingerprint density at radius 3 is 3.07 bits per heavy atom. The number of nitrogens with zero attached hydrogens (tertiary/aromatic N) is 2. The van der Waals surface area contributed by atoms with Crippen LogP contribution in [0.3, 0.4) is 0 Å². The van der Waals surface area contributed by atoms with Gasteiger partial charge in [-0.1, -0.05) is 6.07 Å². The number of hydrogen-bond donors (Lipinski definition) is 2. The van der Waals surface area contributed by atoms with Gasteiger partial charge in [-0.25, -0.2) is 4.52 Å². The molecule has 2 heterocycles. The minimum atomic E-state index is -0.163. The van der Waals surface area contributed by atoms with Crippen LogP contribution in [0, 0.1) is 0 Å². The second-order valence-corrected chi connectivity index (χ2v) is 3.24. The topological polar surface area (TPSA) is 63.5 Å². The third-order valence-electron chi connectivity index (χ3n) is 2.27. The molecule has 74 valence electrons. The molecule has 0 spiro atoms. The maximum absolute atomic E-state index is 8.81. The van der Waals surface area contributed by atoms with Crippen LogP contribution in [0.15, 0.2) is 30.5 Å². The van der Waals surface area contributed by atoms with E-state index in [0.29, 0.717) is 6.42 Å². The fourth-order valence-electron chi connectivity index (χ4n) is 1.54. The van der Waals surface area contributed by atoms with Gasteiger partial charge in [0, 0.05) is 18.8 Å². The van der Waals surface area contributed by atoms with E-state index in [9.17, 15) is 0 Å². The maximum Gasteiger partial charge on any atom is 0.0665 e. The molecule has 0 aliphatic carbocycles. The first kappa shape index (κ1) is 9.18. The number of pyridine rings is 1. The summed E-state index contributed by atoms with van der Waals surface area (Å²) < 4.78 is 1.81. The maximum atomic E-state index is 8.81. The van der Waals surface area contributed by atoms with Crippen LogP contribution in [0.5, 0.6) is 0 Å². The van der Waals surface area contributed by atoms with Crippen molar-refractivity contribution in [2.24, 2.45) is 5.73 Å². The van der Waals surface area contributed by atoms with Gasteiger partial charge < -0.3 is 10.8 Å². The van der Waals surface area contributed by atoms with Crippen molar-refractivity contribution in [3.63, 3.8) is 0 Å². The van der Waals surface area contributed by atoms with Gasteiger partial charge in [0.05, 0.1) is 11.2 Å². The van der Waals surface area contributed by atoms with Gasteiger partial charge in [-0.3, -0.25) is 0 Å². The fourth-order valence-corrected chi connectivity index (χ4v) is 1.54. The molecule has 14 heavy (non-hydrogen) atoms. The van der Waals surface area contributed by atoms with E-state index in [1.165, 1.54) is 0 Å². The molecule has 2 aromatic rings. The van der Waals surface area contributed by atoms with Crippen molar-refractivity contribution in [3.05, 3.63) is 36.2 Å². The van der Waals surface area contributed by atoms with Crippen LogP contribution in [0.2, 0.25) is 0 Å². The molecule has 0 saturated carbocycles. The van der Waals surface area contributed by atoms with Crippen LogP contribution < -0.4 is 5.73 Å². The molecule has 4 nitrogen and oxygen atoms in total. The minimum absolute atomic E-state index is 0.0961. The van der Waals surface area contributed by atoms with Crippen LogP contribution in [0.1, 0.15) is 18.2 Å². The molecule has 0 saturated heterocycles. The highest BCUT2D eigenvalue weighted by Crippen LogP contribution is 2.14. The average molecular weight is 191 g/mol. The zero-order valence-corrected chi connectivity index (χ0v) is 7.80. The fraction of sp³-hybridized carbons (Fsp3) is 0.300. The molecular formula is C10H13N3O. The van der Waals surface area contributed by atoms with Gasteiger partial charge in [0.2, 0.25) is 0 Å². The van der Waals surface area contributed by atoms with Gasteiger partial charge in [0.1, 0.15) is 0 Å². The van der Waals surface area contributed by atoms with Crippen molar-refractivity contribution in [3.8, 4) is 0 Å². The van der Waals surface area contributed by atoms with Crippen LogP contribution in [-0.2, 0) is 0 Å². The predicted molar refractivity (Wildman–Crippen MR) is 53.8 cm³/mol. The second kappa shape index (κ2) is 3.77. The van der Waals surface area contributed by atoms with Crippen molar-refractivity contribution in [2.75, 3.05) is 6.61 Å². The Balaban J connectivity index is 2.45. The van der Waals surface area contributed by atoms with E-state index in [1.54, 1.807) is 10.7 Å². The quantitative estimate of drug-likeness (QED) is 0.751. The number of hydrogen-bond acceptors (Lipinski definition) is 3. The first-order valence-corrected chi connectivity index (χ1v) is 4.62. The highest BCUT2D eigenvalue weighted by Gasteiger charge is 2.09. The monoisotopic (exact) mass is 191 g/mol. The highest BCUT2D eigenvalue weighted by atomic mass is 16.3. The molecular weight excluding hydrogens is 178 g/mol. The summed E-state index contributed by atoms with van der Waals surface area (Å²) in [7, 11) is 0. The number of nitrogens with two attached hydrogens (primary N) is 1. The van der Waals surface area contributed by atoms with Crippen molar-refractivity contribution in [1.29, 1.82) is 0 Å². The van der Waals surface area contributed by atoms with Crippen LogP contribution in [0.4, 0.5) is 0 Å². The molecule has 3 N–H and O–H groups in total. The van der Waals surface area contributed by atoms with Crippen LogP contribution in [-0.4, -0.2) is 21.3 Å². The van der Waals surface area contributed by atoms with Gasteiger partial charge in [0.25, 0.3) is 0 Å². The molecule has 2 rings (SSSR count). The molecule has 0 amide bonds. The Hall–Kier alpha value is -1.39. The molecule has 0 fully saturated rings. The number of aliphatic hydroxyl groups is 1. The van der Waals surface area contributed by atoms with Crippen molar-refractivity contribution < 1.29 is 5.11 Å². The lowest BCUT2D eigenvalue weighted by molar-refractivity contribution is 0.275.